The van der Waals surface area contributed by atoms with Crippen LogP contribution in [-0.4, -0.2) is 15.5 Å². The molecule has 3 heteroatoms. The number of rotatable bonds is 2. The van der Waals surface area contributed by atoms with E-state index in [9.17, 15) is 4.79 Å². The third-order valence-electron chi connectivity index (χ3n) is 4.40. The van der Waals surface area contributed by atoms with Gasteiger partial charge in [0.15, 0.2) is 0 Å². The van der Waals surface area contributed by atoms with Gasteiger partial charge >= 0.3 is 0 Å². The minimum Gasteiger partial charge on any atom is -0.274 e. The summed E-state index contributed by atoms with van der Waals surface area (Å²) >= 11 is 0. The van der Waals surface area contributed by atoms with Gasteiger partial charge < -0.3 is 0 Å². The van der Waals surface area contributed by atoms with Crippen molar-refractivity contribution in [2.45, 2.75) is 25.2 Å². The summed E-state index contributed by atoms with van der Waals surface area (Å²) in [4.78, 5) is 16.9. The van der Waals surface area contributed by atoms with Crippen LogP contribution >= 0.6 is 0 Å². The van der Waals surface area contributed by atoms with Crippen molar-refractivity contribution in [1.29, 1.82) is 0 Å². The summed E-state index contributed by atoms with van der Waals surface area (Å²) in [5.74, 6) is 0.472. The van der Waals surface area contributed by atoms with E-state index in [0.717, 1.165) is 23.9 Å². The maximum atomic E-state index is 12.6. The zero-order valence-corrected chi connectivity index (χ0v) is 11.7. The Kier molecular flexibility index (Phi) is 2.85. The molecule has 1 unspecified atom stereocenters. The van der Waals surface area contributed by atoms with Crippen molar-refractivity contribution in [1.82, 2.24) is 9.55 Å². The van der Waals surface area contributed by atoms with E-state index in [0.29, 0.717) is 12.3 Å². The highest BCUT2D eigenvalue weighted by Gasteiger charge is 2.25. The van der Waals surface area contributed by atoms with Crippen LogP contribution in [0.1, 0.15) is 34.7 Å². The predicted octanol–water partition coefficient (Wildman–Crippen LogP) is 3.80. The van der Waals surface area contributed by atoms with Crippen LogP contribution < -0.4 is 0 Å². The molecular weight excluding hydrogens is 260 g/mol. The molecule has 0 N–H and O–H groups in total. The summed E-state index contributed by atoms with van der Waals surface area (Å²) < 4.78 is 1.69. The van der Waals surface area contributed by atoms with Crippen LogP contribution in [0.15, 0.2) is 54.9 Å². The van der Waals surface area contributed by atoms with Gasteiger partial charge in [0.1, 0.15) is 6.33 Å². The van der Waals surface area contributed by atoms with Crippen LogP contribution in [0.2, 0.25) is 0 Å². The minimum atomic E-state index is 0.130. The van der Waals surface area contributed by atoms with Gasteiger partial charge in [-0.05, 0) is 42.0 Å². The Labute approximate surface area is 123 Å². The average molecular weight is 276 g/mol. The molecule has 0 saturated heterocycles. The Hall–Kier alpha value is -2.42. The van der Waals surface area contributed by atoms with Crippen molar-refractivity contribution in [3.63, 3.8) is 0 Å². The molecule has 1 aromatic heterocycles. The second-order valence-corrected chi connectivity index (χ2v) is 5.64. The fourth-order valence-corrected chi connectivity index (χ4v) is 3.32. The number of aromatic nitrogens is 2. The molecule has 1 aliphatic carbocycles. The van der Waals surface area contributed by atoms with Gasteiger partial charge in [-0.15, -0.1) is 0 Å². The molecule has 4 rings (SSSR count). The maximum Gasteiger partial charge on any atom is 0.232 e. The monoisotopic (exact) mass is 276 g/mol. The molecule has 1 aliphatic rings. The zero-order chi connectivity index (χ0) is 14.2. The number of hydrogen-bond donors (Lipinski definition) is 0. The van der Waals surface area contributed by atoms with Gasteiger partial charge in [-0.3, -0.25) is 9.36 Å². The highest BCUT2D eigenvalue weighted by atomic mass is 16.2. The number of imidazole rings is 1. The smallest absolute Gasteiger partial charge is 0.232 e. The molecule has 21 heavy (non-hydrogen) atoms. The molecule has 0 spiro atoms. The SMILES string of the molecule is O=C(CC1CCc2ccccc21)n1cnc2ccccc21. The average Bonchev–Trinajstić information content (AvgIpc) is 3.12. The van der Waals surface area contributed by atoms with Crippen LogP contribution in [0.4, 0.5) is 0 Å². The first-order chi connectivity index (χ1) is 10.3. The first kappa shape index (κ1) is 12.3. The van der Waals surface area contributed by atoms with Gasteiger partial charge in [-0.2, -0.15) is 0 Å². The second kappa shape index (κ2) is 4.85. The first-order valence-corrected chi connectivity index (χ1v) is 7.36. The van der Waals surface area contributed by atoms with E-state index >= 15 is 0 Å². The summed E-state index contributed by atoms with van der Waals surface area (Å²) in [6, 6.07) is 16.2. The normalized spacial score (nSPS) is 17.0. The van der Waals surface area contributed by atoms with E-state index < -0.39 is 0 Å². The van der Waals surface area contributed by atoms with Crippen molar-refractivity contribution in [3.8, 4) is 0 Å². The summed E-state index contributed by atoms with van der Waals surface area (Å²) in [7, 11) is 0. The third kappa shape index (κ3) is 2.05. The standard InChI is InChI=1S/C18H16N2O/c21-18(20-12-19-16-7-3-4-8-17(16)20)11-14-10-9-13-5-1-2-6-15(13)14/h1-8,12,14H,9-11H2. The predicted molar refractivity (Wildman–Crippen MR) is 82.5 cm³/mol. The molecule has 1 atom stereocenters. The fraction of sp³-hybridized carbons (Fsp3) is 0.222. The third-order valence-corrected chi connectivity index (χ3v) is 4.40. The van der Waals surface area contributed by atoms with E-state index in [1.54, 1.807) is 10.9 Å². The van der Waals surface area contributed by atoms with Gasteiger partial charge in [0.05, 0.1) is 11.0 Å². The molecule has 2 aromatic carbocycles. The summed E-state index contributed by atoms with van der Waals surface area (Å²) in [6.45, 7) is 0. The number of hydrogen-bond acceptors (Lipinski definition) is 2. The Morgan fingerprint density at radius 2 is 1.95 bits per heavy atom. The number of para-hydroxylation sites is 2. The molecule has 0 radical (unpaired) electrons. The van der Waals surface area contributed by atoms with Crippen LogP contribution in [-0.2, 0) is 6.42 Å². The maximum absolute atomic E-state index is 12.6. The van der Waals surface area contributed by atoms with E-state index in [2.05, 4.69) is 29.2 Å². The number of carbonyl (C=O) groups is 1. The lowest BCUT2D eigenvalue weighted by Crippen LogP contribution is -2.12. The van der Waals surface area contributed by atoms with Crippen LogP contribution in [0, 0.1) is 0 Å². The molecule has 3 aromatic rings. The molecule has 0 amide bonds. The van der Waals surface area contributed by atoms with E-state index in [1.165, 1.54) is 11.1 Å². The van der Waals surface area contributed by atoms with E-state index in [1.807, 2.05) is 24.3 Å². The number of benzene rings is 2. The van der Waals surface area contributed by atoms with E-state index in [4.69, 9.17) is 0 Å². The summed E-state index contributed by atoms with van der Waals surface area (Å²) in [5.41, 5.74) is 4.51. The molecule has 0 bridgehead atoms. The van der Waals surface area contributed by atoms with Gasteiger partial charge in [-0.25, -0.2) is 4.98 Å². The Morgan fingerprint density at radius 1 is 1.14 bits per heavy atom. The topological polar surface area (TPSA) is 34.9 Å². The minimum absolute atomic E-state index is 0.130. The molecule has 0 saturated carbocycles. The molecular formula is C18H16N2O. The van der Waals surface area contributed by atoms with Crippen molar-refractivity contribution in [2.75, 3.05) is 0 Å². The Bertz CT molecular complexity index is 819. The molecule has 104 valence electrons. The van der Waals surface area contributed by atoms with Gasteiger partial charge in [0.25, 0.3) is 0 Å². The van der Waals surface area contributed by atoms with Crippen molar-refractivity contribution in [2.24, 2.45) is 0 Å². The number of fused-ring (bicyclic) bond motifs is 2. The van der Waals surface area contributed by atoms with E-state index in [-0.39, 0.29) is 5.91 Å². The van der Waals surface area contributed by atoms with Crippen LogP contribution in [0.25, 0.3) is 11.0 Å². The van der Waals surface area contributed by atoms with Gasteiger partial charge in [0, 0.05) is 6.42 Å². The molecule has 0 fully saturated rings. The van der Waals surface area contributed by atoms with Gasteiger partial charge in [-0.1, -0.05) is 36.4 Å². The Balaban J connectivity index is 1.62. The highest BCUT2D eigenvalue weighted by molar-refractivity contribution is 5.90. The molecule has 1 heterocycles. The van der Waals surface area contributed by atoms with Crippen LogP contribution in [0.3, 0.4) is 0 Å². The zero-order valence-electron chi connectivity index (χ0n) is 11.7. The van der Waals surface area contributed by atoms with Crippen molar-refractivity contribution < 1.29 is 4.79 Å². The van der Waals surface area contributed by atoms with Gasteiger partial charge in [0.2, 0.25) is 5.91 Å². The van der Waals surface area contributed by atoms with Crippen LogP contribution in [0.5, 0.6) is 0 Å². The Morgan fingerprint density at radius 3 is 2.90 bits per heavy atom. The molecule has 3 nitrogen and oxygen atoms in total. The molecule has 0 aliphatic heterocycles. The lowest BCUT2D eigenvalue weighted by Gasteiger charge is -2.11. The number of nitrogens with zero attached hydrogens (tertiary/aromatic N) is 2. The largest absolute Gasteiger partial charge is 0.274 e. The first-order valence-electron chi connectivity index (χ1n) is 7.36. The number of carbonyl (C=O) groups excluding carboxylic acids is 1. The van der Waals surface area contributed by atoms with Crippen molar-refractivity contribution >= 4 is 16.9 Å². The number of aryl methyl sites for hydroxylation is 1. The quantitative estimate of drug-likeness (QED) is 0.713. The lowest BCUT2D eigenvalue weighted by atomic mass is 9.97. The fourth-order valence-electron chi connectivity index (χ4n) is 3.32. The lowest BCUT2D eigenvalue weighted by molar-refractivity contribution is 0.0897. The van der Waals surface area contributed by atoms with Crippen molar-refractivity contribution in [3.05, 3.63) is 66.0 Å². The summed E-state index contributed by atoms with van der Waals surface area (Å²) in [6.07, 6.45) is 4.35. The second-order valence-electron chi connectivity index (χ2n) is 5.64. The highest BCUT2D eigenvalue weighted by Crippen LogP contribution is 2.35. The summed E-state index contributed by atoms with van der Waals surface area (Å²) in [5, 5.41) is 0.